The first-order valence-corrected chi connectivity index (χ1v) is 4.48. The molecule has 0 aliphatic heterocycles. The summed E-state index contributed by atoms with van der Waals surface area (Å²) >= 11 is 0. The van der Waals surface area contributed by atoms with Crippen LogP contribution in [0.2, 0.25) is 0 Å². The van der Waals surface area contributed by atoms with Crippen LogP contribution in [0.25, 0.3) is 0 Å². The minimum Gasteiger partial charge on any atom is -0.457 e. The van der Waals surface area contributed by atoms with E-state index in [1.165, 1.54) is 12.9 Å². The molecule has 0 heterocycles. The summed E-state index contributed by atoms with van der Waals surface area (Å²) in [4.78, 5) is 9.60. The molecule has 0 saturated carbocycles. The van der Waals surface area contributed by atoms with E-state index in [2.05, 4.69) is 11.7 Å². The van der Waals surface area contributed by atoms with Crippen molar-refractivity contribution in [2.75, 3.05) is 19.8 Å². The van der Waals surface area contributed by atoms with Gasteiger partial charge in [0.25, 0.3) is 0 Å². The van der Waals surface area contributed by atoms with E-state index in [9.17, 15) is 4.79 Å². The van der Waals surface area contributed by atoms with E-state index in [4.69, 9.17) is 4.74 Å². The Bertz CT molecular complexity index is 93.8. The van der Waals surface area contributed by atoms with E-state index in [0.29, 0.717) is 6.61 Å². The van der Waals surface area contributed by atoms with Gasteiger partial charge in [-0.25, -0.2) is 4.79 Å². The van der Waals surface area contributed by atoms with Crippen LogP contribution in [0.15, 0.2) is 0 Å². The number of hydrogen-bond acceptors (Lipinski definition) is 3. The molecule has 0 unspecified atom stereocenters. The van der Waals surface area contributed by atoms with E-state index in [0.717, 1.165) is 32.5 Å². The fourth-order valence-corrected chi connectivity index (χ4v) is 0.768. The molecule has 0 aliphatic rings. The van der Waals surface area contributed by atoms with Crippen LogP contribution in [0.5, 0.6) is 0 Å². The number of ether oxygens (including phenoxy) is 2. The van der Waals surface area contributed by atoms with Crippen molar-refractivity contribution in [2.24, 2.45) is 0 Å². The molecule has 12 heavy (non-hydrogen) atoms. The summed E-state index contributed by atoms with van der Waals surface area (Å²) in [6, 6.07) is 0. The summed E-state index contributed by atoms with van der Waals surface area (Å²) in [6.07, 6.45) is 4.11. The van der Waals surface area contributed by atoms with Gasteiger partial charge < -0.3 is 9.47 Å². The van der Waals surface area contributed by atoms with Gasteiger partial charge in [0.15, 0.2) is 0 Å². The van der Waals surface area contributed by atoms with Crippen molar-refractivity contribution in [1.82, 2.24) is 0 Å². The van der Waals surface area contributed by atoms with E-state index in [1.54, 1.807) is 0 Å². The van der Waals surface area contributed by atoms with Crippen LogP contribution in [0.1, 0.15) is 32.6 Å². The molecule has 0 amide bonds. The summed E-state index contributed by atoms with van der Waals surface area (Å²) in [6.45, 7) is 5.59. The maximum Gasteiger partial charge on any atom is 0.417 e. The lowest BCUT2D eigenvalue weighted by atomic mass is 10.3. The summed E-state index contributed by atoms with van der Waals surface area (Å²) in [5, 5.41) is 0. The van der Waals surface area contributed by atoms with Gasteiger partial charge in [0.1, 0.15) is 0 Å². The lowest BCUT2D eigenvalue weighted by molar-refractivity contribution is 0.123. The molecule has 0 N–H and O–H groups in total. The van der Waals surface area contributed by atoms with Crippen LogP contribution in [0.3, 0.4) is 0 Å². The van der Waals surface area contributed by atoms with Gasteiger partial charge in [-0.2, -0.15) is 0 Å². The predicted octanol–water partition coefficient (Wildman–Crippen LogP) is 1.67. The first-order valence-electron chi connectivity index (χ1n) is 4.48. The van der Waals surface area contributed by atoms with Crippen molar-refractivity contribution in [3.05, 3.63) is 0 Å². The Morgan fingerprint density at radius 3 is 2.42 bits per heavy atom. The lowest BCUT2D eigenvalue weighted by Gasteiger charge is -2.01. The van der Waals surface area contributed by atoms with Crippen LogP contribution in [-0.2, 0) is 14.3 Å². The van der Waals surface area contributed by atoms with Crippen LogP contribution in [0.4, 0.5) is 0 Å². The second-order valence-electron chi connectivity index (χ2n) is 2.60. The zero-order valence-electron chi connectivity index (χ0n) is 7.67. The van der Waals surface area contributed by atoms with Gasteiger partial charge in [-0.1, -0.05) is 13.3 Å². The van der Waals surface area contributed by atoms with Crippen molar-refractivity contribution >= 4 is 6.47 Å². The Labute approximate surface area is 74.0 Å². The minimum absolute atomic E-state index is 0.459. The van der Waals surface area contributed by atoms with E-state index in [-0.39, 0.29) is 0 Å². The van der Waals surface area contributed by atoms with Crippen molar-refractivity contribution < 1.29 is 14.3 Å². The van der Waals surface area contributed by atoms with Crippen molar-refractivity contribution in [1.29, 1.82) is 0 Å². The largest absolute Gasteiger partial charge is 0.457 e. The fourth-order valence-electron chi connectivity index (χ4n) is 0.768. The molecular formula is C9H17O3. The number of rotatable bonds is 9. The highest BCUT2D eigenvalue weighted by Crippen LogP contribution is 1.93. The zero-order chi connectivity index (χ0) is 9.07. The molecule has 3 nitrogen and oxygen atoms in total. The smallest absolute Gasteiger partial charge is 0.417 e. The Morgan fingerprint density at radius 1 is 1.08 bits per heavy atom. The Morgan fingerprint density at radius 2 is 1.75 bits per heavy atom. The second kappa shape index (κ2) is 10.4. The molecule has 71 valence electrons. The minimum atomic E-state index is 0.459. The van der Waals surface area contributed by atoms with Gasteiger partial charge in [0.2, 0.25) is 0 Å². The second-order valence-corrected chi connectivity index (χ2v) is 2.60. The van der Waals surface area contributed by atoms with Gasteiger partial charge in [-0.15, -0.1) is 0 Å². The summed E-state index contributed by atoms with van der Waals surface area (Å²) in [5.74, 6) is 0. The first-order chi connectivity index (χ1) is 5.91. The number of unbranched alkanes of at least 4 members (excludes halogenated alkanes) is 2. The standard InChI is InChI=1S/C9H17O3/c1-2-3-6-11-7-4-5-8-12-9-10/h2-8H2,1H3. The molecule has 0 fully saturated rings. The molecule has 1 radical (unpaired) electrons. The fraction of sp³-hybridized carbons (Fsp3) is 0.889. The van der Waals surface area contributed by atoms with Gasteiger partial charge in [-0.05, 0) is 19.3 Å². The normalized spacial score (nSPS) is 9.75. The van der Waals surface area contributed by atoms with Gasteiger partial charge in [-0.3, -0.25) is 0 Å². The van der Waals surface area contributed by atoms with Crippen LogP contribution in [-0.4, -0.2) is 26.3 Å². The molecule has 0 atom stereocenters. The monoisotopic (exact) mass is 173 g/mol. The highest BCUT2D eigenvalue weighted by atomic mass is 16.5. The summed E-state index contributed by atoms with van der Waals surface area (Å²) < 4.78 is 9.70. The molecule has 3 heteroatoms. The lowest BCUT2D eigenvalue weighted by Crippen LogP contribution is -1.99. The third-order valence-corrected chi connectivity index (χ3v) is 1.49. The highest BCUT2D eigenvalue weighted by Gasteiger charge is 1.89. The first kappa shape index (κ1) is 11.4. The molecule has 0 rings (SSSR count). The third kappa shape index (κ3) is 9.43. The maximum atomic E-state index is 9.60. The molecule has 0 aromatic carbocycles. The SMILES string of the molecule is CCCCOCCCCO[C]=O. The van der Waals surface area contributed by atoms with Crippen molar-refractivity contribution in [3.8, 4) is 0 Å². The van der Waals surface area contributed by atoms with E-state index < -0.39 is 0 Å². The predicted molar refractivity (Wildman–Crippen MR) is 46.6 cm³/mol. The molecule has 0 bridgehead atoms. The van der Waals surface area contributed by atoms with Crippen LogP contribution >= 0.6 is 0 Å². The Kier molecular flexibility index (Phi) is 9.93. The van der Waals surface area contributed by atoms with Crippen molar-refractivity contribution in [3.63, 3.8) is 0 Å². The molecule has 0 spiro atoms. The van der Waals surface area contributed by atoms with Crippen LogP contribution in [0, 0.1) is 0 Å². The molecule has 0 aliphatic carbocycles. The number of carbonyl (C=O) groups excluding carboxylic acids is 1. The quantitative estimate of drug-likeness (QED) is 0.497. The van der Waals surface area contributed by atoms with Crippen molar-refractivity contribution in [2.45, 2.75) is 32.6 Å². The average Bonchev–Trinajstić information content (AvgIpc) is 2.10. The van der Waals surface area contributed by atoms with Gasteiger partial charge >= 0.3 is 6.47 Å². The van der Waals surface area contributed by atoms with Gasteiger partial charge in [0.05, 0.1) is 6.61 Å². The Balaban J connectivity index is 2.77. The summed E-state index contributed by atoms with van der Waals surface area (Å²) in [7, 11) is 0. The molecular weight excluding hydrogens is 156 g/mol. The molecule has 0 aromatic rings. The zero-order valence-corrected chi connectivity index (χ0v) is 7.67. The summed E-state index contributed by atoms with van der Waals surface area (Å²) in [5.41, 5.74) is 0. The maximum absolute atomic E-state index is 9.60. The number of hydrogen-bond donors (Lipinski definition) is 0. The molecule has 0 aromatic heterocycles. The van der Waals surface area contributed by atoms with E-state index >= 15 is 0 Å². The van der Waals surface area contributed by atoms with Gasteiger partial charge in [0, 0.05) is 13.2 Å². The average molecular weight is 173 g/mol. The Hall–Kier alpha value is -0.570. The topological polar surface area (TPSA) is 35.5 Å². The third-order valence-electron chi connectivity index (χ3n) is 1.49. The molecule has 0 saturated heterocycles. The van der Waals surface area contributed by atoms with Crippen LogP contribution < -0.4 is 0 Å². The highest BCUT2D eigenvalue weighted by molar-refractivity contribution is 5.37. The van der Waals surface area contributed by atoms with E-state index in [1.807, 2.05) is 0 Å².